The Morgan fingerprint density at radius 1 is 0.500 bits per heavy atom. The smallest absolute Gasteiger partial charge is 0.0970 e. The van der Waals surface area contributed by atoms with Gasteiger partial charge in [-0.1, -0.05) is 133 Å². The number of hydrogen-bond donors (Lipinski definition) is 1. The van der Waals surface area contributed by atoms with E-state index in [9.17, 15) is 0 Å². The zero-order chi connectivity index (χ0) is 34.4. The van der Waals surface area contributed by atoms with Crippen LogP contribution in [0.3, 0.4) is 0 Å². The van der Waals surface area contributed by atoms with Crippen LogP contribution < -0.4 is 5.32 Å². The highest BCUT2D eigenvalue weighted by molar-refractivity contribution is 6.08. The second-order valence-electron chi connectivity index (χ2n) is 13.3. The van der Waals surface area contributed by atoms with Crippen molar-refractivity contribution < 1.29 is 0 Å². The lowest BCUT2D eigenvalue weighted by atomic mass is 9.89. The van der Waals surface area contributed by atoms with E-state index in [4.69, 9.17) is 4.98 Å². The summed E-state index contributed by atoms with van der Waals surface area (Å²) in [5.41, 5.74) is 15.4. The van der Waals surface area contributed by atoms with Gasteiger partial charge in [0.2, 0.25) is 0 Å². The molecule has 5 aromatic carbocycles. The fraction of sp³-hybridized carbons (Fsp3) is 0.0208. The summed E-state index contributed by atoms with van der Waals surface area (Å²) in [6.45, 7) is 0. The summed E-state index contributed by atoms with van der Waals surface area (Å²) in [4.78, 5) is 14.4. The molecule has 2 aliphatic rings. The van der Waals surface area contributed by atoms with Crippen LogP contribution in [0.1, 0.15) is 11.1 Å². The fourth-order valence-corrected chi connectivity index (χ4v) is 7.45. The second kappa shape index (κ2) is 12.4. The Kier molecular flexibility index (Phi) is 7.17. The monoisotopic (exact) mass is 664 g/mol. The van der Waals surface area contributed by atoms with Crippen LogP contribution in [0.15, 0.2) is 188 Å². The van der Waals surface area contributed by atoms with Crippen molar-refractivity contribution in [2.24, 2.45) is 0 Å². The SMILES string of the molecule is C1=CC2=CC=C(c3ccc4ccc(-c5ccc(-c6ccnc7c6ccc6cccnc67)cc5)nc4c3)NC2C=C1c1cccc(-c2ccccc2)c1. The van der Waals surface area contributed by atoms with Gasteiger partial charge in [-0.3, -0.25) is 9.97 Å². The minimum absolute atomic E-state index is 0.0846. The van der Waals surface area contributed by atoms with Gasteiger partial charge in [0.15, 0.2) is 0 Å². The normalized spacial score (nSPS) is 15.2. The van der Waals surface area contributed by atoms with Gasteiger partial charge >= 0.3 is 0 Å². The third kappa shape index (κ3) is 5.38. The molecule has 0 radical (unpaired) electrons. The van der Waals surface area contributed by atoms with E-state index in [1.165, 1.54) is 27.8 Å². The van der Waals surface area contributed by atoms with E-state index in [1.807, 2.05) is 18.5 Å². The van der Waals surface area contributed by atoms with Gasteiger partial charge in [0.05, 0.1) is 28.3 Å². The van der Waals surface area contributed by atoms with Crippen molar-refractivity contribution in [3.05, 3.63) is 199 Å². The predicted octanol–water partition coefficient (Wildman–Crippen LogP) is 11.2. The first-order valence-electron chi connectivity index (χ1n) is 17.6. The molecular formula is C48H32N4. The number of aromatic nitrogens is 3. The zero-order valence-electron chi connectivity index (χ0n) is 28.2. The van der Waals surface area contributed by atoms with Gasteiger partial charge in [0.25, 0.3) is 0 Å². The Morgan fingerprint density at radius 2 is 1.29 bits per heavy atom. The molecule has 0 bridgehead atoms. The standard InChI is InChI=1S/C48H32N4/c1-2-6-31(7-3-1)37-8-4-9-38(28-37)39-17-15-34-21-24-44(52-45(34)29-39)40-18-16-35-20-23-43(51-46(35)30-40)33-13-11-32(12-14-33)41-25-27-50-48-42(41)22-19-36-10-5-26-49-47(36)48/h1-30,45,52H. The van der Waals surface area contributed by atoms with E-state index in [0.29, 0.717) is 0 Å². The van der Waals surface area contributed by atoms with Crippen LogP contribution >= 0.6 is 0 Å². The number of dihydropyridines is 1. The lowest BCUT2D eigenvalue weighted by molar-refractivity contribution is 0.815. The van der Waals surface area contributed by atoms with Gasteiger partial charge in [-0.15, -0.1) is 0 Å². The molecule has 0 saturated carbocycles. The van der Waals surface area contributed by atoms with Crippen LogP contribution in [0.2, 0.25) is 0 Å². The van der Waals surface area contributed by atoms with Gasteiger partial charge in [-0.2, -0.15) is 0 Å². The number of rotatable bonds is 5. The highest BCUT2D eigenvalue weighted by Gasteiger charge is 2.20. The molecule has 0 fully saturated rings. The molecule has 0 amide bonds. The Hall–Kier alpha value is -6.91. The number of pyridine rings is 3. The fourth-order valence-electron chi connectivity index (χ4n) is 7.45. The van der Waals surface area contributed by atoms with E-state index in [1.54, 1.807) is 0 Å². The number of nitrogens with zero attached hydrogens (tertiary/aromatic N) is 3. The Bertz CT molecular complexity index is 2810. The largest absolute Gasteiger partial charge is 0.374 e. The minimum atomic E-state index is 0.0846. The van der Waals surface area contributed by atoms with Crippen molar-refractivity contribution in [2.75, 3.05) is 0 Å². The molecule has 1 aliphatic carbocycles. The molecule has 8 aromatic rings. The molecule has 1 N–H and O–H groups in total. The summed E-state index contributed by atoms with van der Waals surface area (Å²) in [6.07, 6.45) is 14.9. The molecule has 244 valence electrons. The van der Waals surface area contributed by atoms with Crippen LogP contribution in [0.5, 0.6) is 0 Å². The first kappa shape index (κ1) is 30.0. The number of benzene rings is 5. The topological polar surface area (TPSA) is 50.7 Å². The lowest BCUT2D eigenvalue weighted by Crippen LogP contribution is -2.30. The summed E-state index contributed by atoms with van der Waals surface area (Å²) < 4.78 is 0. The van der Waals surface area contributed by atoms with Gasteiger partial charge < -0.3 is 5.32 Å². The molecule has 0 spiro atoms. The maximum Gasteiger partial charge on any atom is 0.0970 e. The Morgan fingerprint density at radius 3 is 2.21 bits per heavy atom. The maximum atomic E-state index is 5.14. The summed E-state index contributed by atoms with van der Waals surface area (Å²) in [6, 6.07) is 49.3. The zero-order valence-corrected chi connectivity index (χ0v) is 28.2. The molecular weight excluding hydrogens is 633 g/mol. The summed E-state index contributed by atoms with van der Waals surface area (Å²) >= 11 is 0. The van der Waals surface area contributed by atoms with Crippen molar-refractivity contribution in [1.82, 2.24) is 20.3 Å². The quantitative estimate of drug-likeness (QED) is 0.186. The molecule has 4 nitrogen and oxygen atoms in total. The van der Waals surface area contributed by atoms with Crippen LogP contribution in [0.4, 0.5) is 0 Å². The predicted molar refractivity (Wildman–Crippen MR) is 215 cm³/mol. The summed E-state index contributed by atoms with van der Waals surface area (Å²) in [5, 5.41) is 7.10. The molecule has 0 saturated heterocycles. The third-order valence-corrected chi connectivity index (χ3v) is 10.2. The van der Waals surface area contributed by atoms with Crippen molar-refractivity contribution in [3.8, 4) is 33.5 Å². The van der Waals surface area contributed by atoms with E-state index in [0.717, 1.165) is 66.4 Å². The number of fused-ring (bicyclic) bond motifs is 5. The maximum absolute atomic E-state index is 5.14. The number of allylic oxidation sites excluding steroid dienone is 4. The molecule has 1 unspecified atom stereocenters. The van der Waals surface area contributed by atoms with Crippen LogP contribution in [-0.4, -0.2) is 21.0 Å². The van der Waals surface area contributed by atoms with E-state index in [2.05, 4.69) is 179 Å². The lowest BCUT2D eigenvalue weighted by Gasteiger charge is -2.27. The highest BCUT2D eigenvalue weighted by Crippen LogP contribution is 2.34. The number of nitrogens with one attached hydrogen (secondary N) is 1. The number of hydrogen-bond acceptors (Lipinski definition) is 4. The molecule has 4 heterocycles. The van der Waals surface area contributed by atoms with Crippen LogP contribution in [-0.2, 0) is 0 Å². The average molecular weight is 665 g/mol. The van der Waals surface area contributed by atoms with Crippen molar-refractivity contribution in [1.29, 1.82) is 0 Å². The van der Waals surface area contributed by atoms with Gasteiger partial charge in [-0.25, -0.2) is 4.98 Å². The first-order valence-corrected chi connectivity index (χ1v) is 17.6. The van der Waals surface area contributed by atoms with Crippen molar-refractivity contribution in [2.45, 2.75) is 6.04 Å². The first-order chi connectivity index (χ1) is 25.7. The molecule has 1 atom stereocenters. The van der Waals surface area contributed by atoms with E-state index < -0.39 is 0 Å². The van der Waals surface area contributed by atoms with Gasteiger partial charge in [0, 0.05) is 39.8 Å². The van der Waals surface area contributed by atoms with Crippen molar-refractivity contribution in [3.63, 3.8) is 0 Å². The molecule has 4 heteroatoms. The molecule has 52 heavy (non-hydrogen) atoms. The Balaban J connectivity index is 0.918. The summed E-state index contributed by atoms with van der Waals surface area (Å²) in [5.74, 6) is 0. The molecule has 3 aromatic heterocycles. The minimum Gasteiger partial charge on any atom is -0.374 e. The molecule has 1 aliphatic heterocycles. The van der Waals surface area contributed by atoms with Crippen molar-refractivity contribution >= 4 is 44.0 Å². The Labute approximate surface area is 301 Å². The van der Waals surface area contributed by atoms with E-state index >= 15 is 0 Å². The van der Waals surface area contributed by atoms with E-state index in [-0.39, 0.29) is 6.04 Å². The third-order valence-electron chi connectivity index (χ3n) is 10.2. The average Bonchev–Trinajstić information content (AvgIpc) is 3.23. The second-order valence-corrected chi connectivity index (χ2v) is 13.3. The highest BCUT2D eigenvalue weighted by atomic mass is 14.9. The molecule has 10 rings (SSSR count). The van der Waals surface area contributed by atoms with Gasteiger partial charge in [0.1, 0.15) is 0 Å². The van der Waals surface area contributed by atoms with Crippen LogP contribution in [0, 0.1) is 0 Å². The van der Waals surface area contributed by atoms with Gasteiger partial charge in [-0.05, 0) is 80.9 Å². The summed E-state index contributed by atoms with van der Waals surface area (Å²) in [7, 11) is 0. The van der Waals surface area contributed by atoms with Crippen LogP contribution in [0.25, 0.3) is 77.5 Å².